The van der Waals surface area contributed by atoms with E-state index in [1.165, 1.54) is 13.2 Å². The normalized spacial score (nSPS) is 18.4. The minimum Gasteiger partial charge on any atom is -0.359 e. The van der Waals surface area contributed by atoms with E-state index >= 15 is 0 Å². The van der Waals surface area contributed by atoms with Crippen molar-refractivity contribution in [3.8, 4) is 0 Å². The van der Waals surface area contributed by atoms with Crippen LogP contribution in [0.25, 0.3) is 0 Å². The first-order valence-corrected chi connectivity index (χ1v) is 5.65. The summed E-state index contributed by atoms with van der Waals surface area (Å²) in [4.78, 5) is 11.1. The Hall–Kier alpha value is -1.33. The Balaban J connectivity index is 2.30. The number of hydrogen-bond acceptors (Lipinski definition) is 3. The van der Waals surface area contributed by atoms with Crippen molar-refractivity contribution in [2.75, 3.05) is 13.9 Å². The van der Waals surface area contributed by atoms with Gasteiger partial charge in [-0.3, -0.25) is 0 Å². The molecule has 1 unspecified atom stereocenters. The summed E-state index contributed by atoms with van der Waals surface area (Å²) < 4.78 is 36.8. The fourth-order valence-corrected chi connectivity index (χ4v) is 2.00. The van der Waals surface area contributed by atoms with Crippen LogP contribution in [0.2, 0.25) is 0 Å². The molecule has 3 nitrogen and oxygen atoms in total. The number of carbonyl (C=O) groups is 1. The first-order valence-electron chi connectivity index (χ1n) is 5.65. The standard InChI is InChI=1S/C13H14F2O3/c1-17-8-18-12(13(7-16)4-5-13)10-3-2-9(14)6-11(10)15/h2-3,6-7,12H,4-5,8H2,1H3. The van der Waals surface area contributed by atoms with Crippen LogP contribution in [0.1, 0.15) is 24.5 Å². The average Bonchev–Trinajstić information content (AvgIpc) is 3.13. The maximum absolute atomic E-state index is 13.7. The first kappa shape index (κ1) is 13.1. The van der Waals surface area contributed by atoms with E-state index < -0.39 is 23.2 Å². The lowest BCUT2D eigenvalue weighted by Gasteiger charge is -2.23. The summed E-state index contributed by atoms with van der Waals surface area (Å²) in [5.41, 5.74) is -0.505. The molecule has 0 bridgehead atoms. The molecule has 0 amide bonds. The molecule has 0 aromatic heterocycles. The summed E-state index contributed by atoms with van der Waals surface area (Å²) in [7, 11) is 1.44. The molecule has 0 saturated heterocycles. The third-order valence-corrected chi connectivity index (χ3v) is 3.18. The SMILES string of the molecule is COCOC(c1ccc(F)cc1F)C1(C=O)CC1. The van der Waals surface area contributed by atoms with Crippen LogP contribution in [0, 0.1) is 17.0 Å². The third kappa shape index (κ3) is 2.42. The fourth-order valence-electron chi connectivity index (χ4n) is 2.00. The third-order valence-electron chi connectivity index (χ3n) is 3.18. The quantitative estimate of drug-likeness (QED) is 0.579. The minimum absolute atomic E-state index is 0.0446. The second-order valence-electron chi connectivity index (χ2n) is 4.47. The van der Waals surface area contributed by atoms with Crippen molar-refractivity contribution in [2.24, 2.45) is 5.41 Å². The summed E-state index contributed by atoms with van der Waals surface area (Å²) in [5, 5.41) is 0. The van der Waals surface area contributed by atoms with Gasteiger partial charge in [0.05, 0.1) is 5.41 Å². The van der Waals surface area contributed by atoms with Crippen LogP contribution in [0.4, 0.5) is 8.78 Å². The Morgan fingerprint density at radius 3 is 2.67 bits per heavy atom. The molecule has 1 aliphatic rings. The van der Waals surface area contributed by atoms with Crippen LogP contribution in [0.3, 0.4) is 0 Å². The monoisotopic (exact) mass is 256 g/mol. The highest BCUT2D eigenvalue weighted by molar-refractivity contribution is 5.65. The van der Waals surface area contributed by atoms with Gasteiger partial charge in [-0.2, -0.15) is 0 Å². The topological polar surface area (TPSA) is 35.5 Å². The van der Waals surface area contributed by atoms with E-state index in [2.05, 4.69) is 0 Å². The maximum atomic E-state index is 13.7. The summed E-state index contributed by atoms with van der Waals surface area (Å²) in [6.45, 7) is -0.0446. The van der Waals surface area contributed by atoms with E-state index in [1.807, 2.05) is 0 Å². The number of carbonyl (C=O) groups excluding carboxylic acids is 1. The summed E-state index contributed by atoms with van der Waals surface area (Å²) in [6, 6.07) is 3.26. The van der Waals surface area contributed by atoms with Gasteiger partial charge in [0, 0.05) is 18.7 Å². The Morgan fingerprint density at radius 2 is 2.17 bits per heavy atom. The Morgan fingerprint density at radius 1 is 1.44 bits per heavy atom. The largest absolute Gasteiger partial charge is 0.359 e. The van der Waals surface area contributed by atoms with Gasteiger partial charge in [0.15, 0.2) is 0 Å². The molecule has 1 aromatic carbocycles. The number of hydrogen-bond donors (Lipinski definition) is 0. The van der Waals surface area contributed by atoms with Crippen molar-refractivity contribution < 1.29 is 23.0 Å². The van der Waals surface area contributed by atoms with Gasteiger partial charge in [-0.05, 0) is 18.9 Å². The molecule has 0 radical (unpaired) electrons. The molecule has 98 valence electrons. The molecule has 0 spiro atoms. The molecule has 5 heteroatoms. The van der Waals surface area contributed by atoms with Crippen molar-refractivity contribution in [1.29, 1.82) is 0 Å². The summed E-state index contributed by atoms with van der Waals surface area (Å²) >= 11 is 0. The lowest BCUT2D eigenvalue weighted by atomic mass is 9.93. The predicted octanol–water partition coefficient (Wildman–Crippen LogP) is 2.61. The van der Waals surface area contributed by atoms with Gasteiger partial charge in [-0.1, -0.05) is 6.07 Å². The van der Waals surface area contributed by atoms with Gasteiger partial charge < -0.3 is 14.3 Å². The molecule has 2 rings (SSSR count). The molecular weight excluding hydrogens is 242 g/mol. The van der Waals surface area contributed by atoms with E-state index in [0.29, 0.717) is 12.8 Å². The Kier molecular flexibility index (Phi) is 3.73. The summed E-state index contributed by atoms with van der Waals surface area (Å²) in [6.07, 6.45) is 1.34. The Bertz CT molecular complexity index is 444. The van der Waals surface area contributed by atoms with Gasteiger partial charge in [-0.15, -0.1) is 0 Å². The molecule has 1 aromatic rings. The Labute approximate surface area is 104 Å². The zero-order chi connectivity index (χ0) is 13.2. The van der Waals surface area contributed by atoms with Crippen LogP contribution in [-0.4, -0.2) is 20.2 Å². The molecule has 1 saturated carbocycles. The molecule has 1 aliphatic carbocycles. The maximum Gasteiger partial charge on any atom is 0.147 e. The first-order chi connectivity index (χ1) is 8.63. The van der Waals surface area contributed by atoms with Crippen molar-refractivity contribution in [2.45, 2.75) is 18.9 Å². The highest BCUT2D eigenvalue weighted by Gasteiger charge is 2.51. The molecule has 18 heavy (non-hydrogen) atoms. The molecule has 1 fully saturated rings. The van der Waals surface area contributed by atoms with E-state index in [-0.39, 0.29) is 12.4 Å². The second-order valence-corrected chi connectivity index (χ2v) is 4.47. The molecule has 0 heterocycles. The van der Waals surface area contributed by atoms with Crippen LogP contribution in [-0.2, 0) is 14.3 Å². The number of rotatable bonds is 6. The van der Waals surface area contributed by atoms with Gasteiger partial charge >= 0.3 is 0 Å². The van der Waals surface area contributed by atoms with Crippen molar-refractivity contribution in [3.05, 3.63) is 35.4 Å². The van der Waals surface area contributed by atoms with Gasteiger partial charge in [0.2, 0.25) is 0 Å². The average molecular weight is 256 g/mol. The van der Waals surface area contributed by atoms with Crippen molar-refractivity contribution in [3.63, 3.8) is 0 Å². The van der Waals surface area contributed by atoms with E-state index in [9.17, 15) is 13.6 Å². The summed E-state index contributed by atoms with van der Waals surface area (Å²) in [5.74, 6) is -1.36. The van der Waals surface area contributed by atoms with E-state index in [4.69, 9.17) is 9.47 Å². The molecule has 0 N–H and O–H groups in total. The zero-order valence-electron chi connectivity index (χ0n) is 9.99. The zero-order valence-corrected chi connectivity index (χ0v) is 9.99. The smallest absolute Gasteiger partial charge is 0.147 e. The number of ether oxygens (including phenoxy) is 2. The molecule has 1 atom stereocenters. The van der Waals surface area contributed by atoms with Crippen molar-refractivity contribution >= 4 is 6.29 Å². The number of benzene rings is 1. The predicted molar refractivity (Wildman–Crippen MR) is 59.8 cm³/mol. The lowest BCUT2D eigenvalue weighted by molar-refractivity contribution is -0.128. The number of halogens is 2. The van der Waals surface area contributed by atoms with E-state index in [1.54, 1.807) is 0 Å². The molecular formula is C13H14F2O3. The highest BCUT2D eigenvalue weighted by atomic mass is 19.1. The van der Waals surface area contributed by atoms with Crippen LogP contribution >= 0.6 is 0 Å². The highest BCUT2D eigenvalue weighted by Crippen LogP contribution is 2.55. The van der Waals surface area contributed by atoms with Crippen LogP contribution in [0.15, 0.2) is 18.2 Å². The van der Waals surface area contributed by atoms with Gasteiger partial charge in [0.25, 0.3) is 0 Å². The van der Waals surface area contributed by atoms with Crippen LogP contribution in [0.5, 0.6) is 0 Å². The lowest BCUT2D eigenvalue weighted by Crippen LogP contribution is -2.21. The minimum atomic E-state index is -0.726. The number of methoxy groups -OCH3 is 1. The van der Waals surface area contributed by atoms with Gasteiger partial charge in [-0.25, -0.2) is 8.78 Å². The second kappa shape index (κ2) is 5.12. The molecule has 0 aliphatic heterocycles. The van der Waals surface area contributed by atoms with Crippen LogP contribution < -0.4 is 0 Å². The van der Waals surface area contributed by atoms with Gasteiger partial charge in [0.1, 0.15) is 30.8 Å². The number of aldehydes is 1. The van der Waals surface area contributed by atoms with E-state index in [0.717, 1.165) is 18.4 Å². The fraction of sp³-hybridized carbons (Fsp3) is 0.462. The van der Waals surface area contributed by atoms with Crippen molar-refractivity contribution in [1.82, 2.24) is 0 Å².